The highest BCUT2D eigenvalue weighted by Crippen LogP contribution is 2.25. The second kappa shape index (κ2) is 9.12. The van der Waals surface area contributed by atoms with Crippen LogP contribution in [0.15, 0.2) is 48.8 Å². The van der Waals surface area contributed by atoms with E-state index in [4.69, 9.17) is 22.1 Å². The highest BCUT2D eigenvalue weighted by Gasteiger charge is 2.18. The van der Waals surface area contributed by atoms with Gasteiger partial charge in [0.25, 0.3) is 0 Å². The van der Waals surface area contributed by atoms with Gasteiger partial charge in [0.05, 0.1) is 25.1 Å². The molecule has 1 atom stereocenters. The third kappa shape index (κ3) is 5.63. The Labute approximate surface area is 165 Å². The Kier molecular flexibility index (Phi) is 6.60. The molecule has 27 heavy (non-hydrogen) atoms. The van der Waals surface area contributed by atoms with Crippen LogP contribution in [-0.4, -0.2) is 39.4 Å². The van der Waals surface area contributed by atoms with E-state index >= 15 is 0 Å². The molecule has 4 rings (SSSR count). The lowest BCUT2D eigenvalue weighted by molar-refractivity contribution is -0.0200. The quantitative estimate of drug-likeness (QED) is 0.509. The molecule has 3 N–H and O–H groups in total. The zero-order valence-corrected chi connectivity index (χ0v) is 16.5. The predicted octanol–water partition coefficient (Wildman–Crippen LogP) is 3.62. The van der Waals surface area contributed by atoms with Crippen molar-refractivity contribution < 1.29 is 8.95 Å². The summed E-state index contributed by atoms with van der Waals surface area (Å²) in [6, 6.07) is 11.2. The second-order valence-corrected chi connectivity index (χ2v) is 8.15. The fourth-order valence-electron chi connectivity index (χ4n) is 2.60. The average molecular weight is 405 g/mol. The molecule has 1 aliphatic rings. The fourth-order valence-corrected chi connectivity index (χ4v) is 3.56. The van der Waals surface area contributed by atoms with Crippen molar-refractivity contribution in [2.75, 3.05) is 36.3 Å². The molecule has 1 aliphatic heterocycles. The smallest absolute Gasteiger partial charge is 0.138 e. The fraction of sp³-hybridized carbons (Fsp3) is 0.263. The standard InChI is InChI=1S/C14H11ClN4.C5H10O2S/c15-13-4-2-11(8-18-13)19-14-12-3-1-10(16)7-9(12)5-6-17-14;1-8(6)4-5-2-7-3-5/h1-8H,16H2,(H,17,19);5H,2-4H2,1H3. The summed E-state index contributed by atoms with van der Waals surface area (Å²) in [6.45, 7) is 1.64. The van der Waals surface area contributed by atoms with Crippen molar-refractivity contribution in [2.45, 2.75) is 0 Å². The van der Waals surface area contributed by atoms with Crippen LogP contribution in [0.1, 0.15) is 0 Å². The monoisotopic (exact) mass is 404 g/mol. The highest BCUT2D eigenvalue weighted by molar-refractivity contribution is 7.84. The number of hydrogen-bond acceptors (Lipinski definition) is 6. The number of hydrogen-bond donors (Lipinski definition) is 2. The Morgan fingerprint density at radius 3 is 2.67 bits per heavy atom. The Morgan fingerprint density at radius 1 is 1.26 bits per heavy atom. The van der Waals surface area contributed by atoms with Gasteiger partial charge < -0.3 is 15.8 Å². The van der Waals surface area contributed by atoms with Gasteiger partial charge in [0, 0.05) is 46.0 Å². The van der Waals surface area contributed by atoms with Crippen LogP contribution in [0.2, 0.25) is 5.15 Å². The number of nitrogen functional groups attached to an aromatic ring is 1. The Morgan fingerprint density at radius 2 is 2.07 bits per heavy atom. The zero-order valence-electron chi connectivity index (χ0n) is 14.9. The molecule has 1 fully saturated rings. The number of nitrogens with one attached hydrogen (secondary N) is 1. The normalized spacial score (nSPS) is 14.7. The molecule has 8 heteroatoms. The molecule has 0 aliphatic carbocycles. The van der Waals surface area contributed by atoms with Crippen molar-refractivity contribution in [3.05, 3.63) is 53.9 Å². The number of nitrogens with two attached hydrogens (primary N) is 1. The lowest BCUT2D eigenvalue weighted by Gasteiger charge is -2.24. The van der Waals surface area contributed by atoms with Crippen LogP contribution in [0.3, 0.4) is 0 Å². The number of benzene rings is 1. The molecule has 2 aromatic heterocycles. The number of aromatic nitrogens is 2. The van der Waals surface area contributed by atoms with E-state index < -0.39 is 10.8 Å². The molecular weight excluding hydrogens is 384 g/mol. The predicted molar refractivity (Wildman–Crippen MR) is 112 cm³/mol. The van der Waals surface area contributed by atoms with Crippen molar-refractivity contribution in [1.29, 1.82) is 0 Å². The van der Waals surface area contributed by atoms with Crippen molar-refractivity contribution in [2.24, 2.45) is 5.92 Å². The number of halogens is 1. The largest absolute Gasteiger partial charge is 0.399 e. The first-order chi connectivity index (χ1) is 13.0. The first-order valence-corrected chi connectivity index (χ1v) is 10.5. The van der Waals surface area contributed by atoms with Gasteiger partial charge in [0.1, 0.15) is 11.0 Å². The van der Waals surface area contributed by atoms with Gasteiger partial charge in [-0.25, -0.2) is 9.97 Å². The first kappa shape index (κ1) is 19.5. The van der Waals surface area contributed by atoms with Crippen molar-refractivity contribution in [3.63, 3.8) is 0 Å². The van der Waals surface area contributed by atoms with Gasteiger partial charge in [-0.15, -0.1) is 0 Å². The van der Waals surface area contributed by atoms with Gasteiger partial charge in [0.2, 0.25) is 0 Å². The minimum Gasteiger partial charge on any atom is -0.399 e. The Bertz CT molecular complexity index is 933. The molecule has 0 amide bonds. The van der Waals surface area contributed by atoms with Crippen molar-refractivity contribution in [3.8, 4) is 0 Å². The number of nitrogens with zero attached hydrogens (tertiary/aromatic N) is 2. The van der Waals surface area contributed by atoms with E-state index in [0.29, 0.717) is 11.1 Å². The SMILES string of the molecule is CS(=O)CC1COC1.Nc1ccc2c(Nc3ccc(Cl)nc3)nccc2c1. The van der Waals surface area contributed by atoms with Crippen LogP contribution < -0.4 is 11.1 Å². The molecule has 1 saturated heterocycles. The molecule has 0 radical (unpaired) electrons. The summed E-state index contributed by atoms with van der Waals surface area (Å²) in [7, 11) is -0.624. The van der Waals surface area contributed by atoms with Crippen LogP contribution in [0.4, 0.5) is 17.2 Å². The third-order valence-electron chi connectivity index (χ3n) is 3.96. The van der Waals surface area contributed by atoms with Gasteiger partial charge in [-0.1, -0.05) is 11.6 Å². The number of pyridine rings is 2. The molecule has 0 saturated carbocycles. The highest BCUT2D eigenvalue weighted by atomic mass is 35.5. The van der Waals surface area contributed by atoms with Crippen LogP contribution in [-0.2, 0) is 15.5 Å². The number of rotatable bonds is 4. The minimum atomic E-state index is -0.624. The molecular formula is C19H21ClN4O2S. The van der Waals surface area contributed by atoms with E-state index in [1.807, 2.05) is 30.3 Å². The van der Waals surface area contributed by atoms with Crippen molar-refractivity contribution in [1.82, 2.24) is 9.97 Å². The summed E-state index contributed by atoms with van der Waals surface area (Å²) in [5.74, 6) is 2.17. The second-order valence-electron chi connectivity index (χ2n) is 6.28. The van der Waals surface area contributed by atoms with Gasteiger partial charge in [0.15, 0.2) is 0 Å². The van der Waals surface area contributed by atoms with Crippen molar-refractivity contribution >= 4 is 50.4 Å². The first-order valence-electron chi connectivity index (χ1n) is 8.42. The molecule has 1 unspecified atom stereocenters. The van der Waals surface area contributed by atoms with E-state index in [9.17, 15) is 4.21 Å². The van der Waals surface area contributed by atoms with E-state index in [0.717, 1.165) is 46.9 Å². The van der Waals surface area contributed by atoms with Crippen LogP contribution in [0.5, 0.6) is 0 Å². The van der Waals surface area contributed by atoms with E-state index in [1.54, 1.807) is 24.7 Å². The van der Waals surface area contributed by atoms with Crippen LogP contribution in [0.25, 0.3) is 10.8 Å². The number of ether oxygens (including phenoxy) is 1. The molecule has 142 valence electrons. The molecule has 3 aromatic rings. The Hall–Kier alpha value is -2.22. The summed E-state index contributed by atoms with van der Waals surface area (Å²) < 4.78 is 15.4. The molecule has 3 heterocycles. The van der Waals surface area contributed by atoms with Crippen LogP contribution in [0, 0.1) is 5.92 Å². The summed E-state index contributed by atoms with van der Waals surface area (Å²) in [5, 5.41) is 5.73. The molecule has 0 spiro atoms. The van der Waals surface area contributed by atoms with E-state index in [1.165, 1.54) is 0 Å². The Balaban J connectivity index is 0.000000221. The maximum atomic E-state index is 10.5. The maximum Gasteiger partial charge on any atom is 0.138 e. The van der Waals surface area contributed by atoms with E-state index in [2.05, 4.69) is 15.3 Å². The number of anilines is 3. The van der Waals surface area contributed by atoms with Gasteiger partial charge >= 0.3 is 0 Å². The third-order valence-corrected chi connectivity index (χ3v) is 5.12. The lowest BCUT2D eigenvalue weighted by atomic mass is 10.1. The topological polar surface area (TPSA) is 90.1 Å². The summed E-state index contributed by atoms with van der Waals surface area (Å²) in [4.78, 5) is 8.37. The lowest BCUT2D eigenvalue weighted by Crippen LogP contribution is -2.31. The van der Waals surface area contributed by atoms with Crippen LogP contribution >= 0.6 is 11.6 Å². The summed E-state index contributed by atoms with van der Waals surface area (Å²) >= 11 is 5.76. The molecule has 1 aromatic carbocycles. The summed E-state index contributed by atoms with van der Waals surface area (Å²) in [5.41, 5.74) is 7.35. The minimum absolute atomic E-state index is 0.462. The molecule has 0 bridgehead atoms. The van der Waals surface area contributed by atoms with E-state index in [-0.39, 0.29) is 0 Å². The summed E-state index contributed by atoms with van der Waals surface area (Å²) in [6.07, 6.45) is 5.14. The zero-order chi connectivity index (χ0) is 19.2. The van der Waals surface area contributed by atoms with Gasteiger partial charge in [-0.3, -0.25) is 4.21 Å². The average Bonchev–Trinajstić information content (AvgIpc) is 2.61. The van der Waals surface area contributed by atoms with Gasteiger partial charge in [-0.2, -0.15) is 0 Å². The molecule has 6 nitrogen and oxygen atoms in total. The maximum absolute atomic E-state index is 10.5. The van der Waals surface area contributed by atoms with Gasteiger partial charge in [-0.05, 0) is 41.8 Å². The number of fused-ring (bicyclic) bond motifs is 1.